The normalized spacial score (nSPS) is 11.2. The van der Waals surface area contributed by atoms with Crippen LogP contribution in [-0.2, 0) is 31.2 Å². The number of fused-ring (bicyclic) bond motifs is 1. The van der Waals surface area contributed by atoms with Crippen LogP contribution in [0.25, 0.3) is 16.7 Å². The number of nitrogens with one attached hydrogen (secondary N) is 1. The predicted octanol–water partition coefficient (Wildman–Crippen LogP) is 4.29. The number of amides is 1. The highest BCUT2D eigenvalue weighted by Crippen LogP contribution is 2.26. The fourth-order valence-corrected chi connectivity index (χ4v) is 4.38. The molecular weight excluding hydrogens is 431 g/mol. The lowest BCUT2D eigenvalue weighted by Crippen LogP contribution is -2.27. The number of hydrogen-bond acceptors (Lipinski definition) is 3. The molecule has 0 saturated carbocycles. The Morgan fingerprint density at radius 2 is 1.79 bits per heavy atom. The van der Waals surface area contributed by atoms with Gasteiger partial charge in [-0.2, -0.15) is 5.10 Å². The number of rotatable bonds is 7. The van der Waals surface area contributed by atoms with Crippen LogP contribution in [0.4, 0.5) is 4.39 Å². The van der Waals surface area contributed by atoms with Gasteiger partial charge in [0.1, 0.15) is 11.5 Å². The van der Waals surface area contributed by atoms with Crippen molar-refractivity contribution < 1.29 is 9.18 Å². The van der Waals surface area contributed by atoms with E-state index in [1.807, 2.05) is 26.0 Å². The SMILES string of the molecule is CCc1ccc(CNC(=O)CCc2c(C)c3c(C)nn(-c4cccc(F)c4)c3n(C)c2=O)cc1. The third-order valence-electron chi connectivity index (χ3n) is 6.32. The van der Waals surface area contributed by atoms with E-state index in [1.165, 1.54) is 22.3 Å². The van der Waals surface area contributed by atoms with E-state index in [1.54, 1.807) is 23.9 Å². The number of nitrogens with zero attached hydrogens (tertiary/aromatic N) is 3. The summed E-state index contributed by atoms with van der Waals surface area (Å²) in [5.74, 6) is -0.474. The molecule has 0 fully saturated rings. The molecule has 2 aromatic heterocycles. The van der Waals surface area contributed by atoms with Crippen molar-refractivity contribution >= 4 is 16.9 Å². The van der Waals surface area contributed by atoms with Crippen LogP contribution in [0, 0.1) is 19.7 Å². The summed E-state index contributed by atoms with van der Waals surface area (Å²) in [5.41, 5.74) is 5.42. The van der Waals surface area contributed by atoms with Crippen LogP contribution in [0.2, 0.25) is 0 Å². The Balaban J connectivity index is 1.57. The van der Waals surface area contributed by atoms with Crippen molar-refractivity contribution in [2.75, 3.05) is 0 Å². The van der Waals surface area contributed by atoms with Crippen LogP contribution in [-0.4, -0.2) is 20.3 Å². The average molecular weight is 461 g/mol. The molecule has 4 rings (SSSR count). The highest BCUT2D eigenvalue weighted by molar-refractivity contribution is 5.85. The van der Waals surface area contributed by atoms with Gasteiger partial charge in [0.05, 0.1) is 11.4 Å². The lowest BCUT2D eigenvalue weighted by atomic mass is 10.0. The smallest absolute Gasteiger partial charge is 0.255 e. The molecule has 2 heterocycles. The van der Waals surface area contributed by atoms with Crippen LogP contribution in [0.3, 0.4) is 0 Å². The molecule has 0 aliphatic heterocycles. The van der Waals surface area contributed by atoms with Gasteiger partial charge >= 0.3 is 0 Å². The van der Waals surface area contributed by atoms with Crippen LogP contribution >= 0.6 is 0 Å². The first-order chi connectivity index (χ1) is 16.3. The summed E-state index contributed by atoms with van der Waals surface area (Å²) in [5, 5.41) is 8.37. The predicted molar refractivity (Wildman–Crippen MR) is 132 cm³/mol. The molecule has 4 aromatic rings. The monoisotopic (exact) mass is 460 g/mol. The summed E-state index contributed by atoms with van der Waals surface area (Å²) in [7, 11) is 1.69. The van der Waals surface area contributed by atoms with Crippen molar-refractivity contribution in [3.05, 3.63) is 92.6 Å². The molecule has 1 amide bonds. The molecule has 1 N–H and O–H groups in total. The molecule has 0 radical (unpaired) electrons. The van der Waals surface area contributed by atoms with Gasteiger partial charge in [0.2, 0.25) is 5.91 Å². The van der Waals surface area contributed by atoms with Crippen LogP contribution in [0.5, 0.6) is 0 Å². The lowest BCUT2D eigenvalue weighted by molar-refractivity contribution is -0.121. The molecule has 0 spiro atoms. The fourth-order valence-electron chi connectivity index (χ4n) is 4.38. The van der Waals surface area contributed by atoms with Crippen molar-refractivity contribution in [3.8, 4) is 5.69 Å². The van der Waals surface area contributed by atoms with Gasteiger partial charge < -0.3 is 5.32 Å². The Morgan fingerprint density at radius 3 is 2.47 bits per heavy atom. The second kappa shape index (κ2) is 9.63. The molecule has 0 saturated heterocycles. The highest BCUT2D eigenvalue weighted by atomic mass is 19.1. The number of hydrogen-bond donors (Lipinski definition) is 1. The Labute approximate surface area is 198 Å². The molecule has 0 unspecified atom stereocenters. The summed E-state index contributed by atoms with van der Waals surface area (Å²) in [6, 6.07) is 14.3. The summed E-state index contributed by atoms with van der Waals surface area (Å²) < 4.78 is 17.0. The van der Waals surface area contributed by atoms with Gasteiger partial charge in [-0.05, 0) is 61.6 Å². The Hall–Kier alpha value is -3.74. The summed E-state index contributed by atoms with van der Waals surface area (Å²) in [6.07, 6.45) is 1.53. The van der Waals surface area contributed by atoms with Gasteiger partial charge in [-0.25, -0.2) is 9.07 Å². The number of aromatic nitrogens is 3. The maximum absolute atomic E-state index is 13.8. The van der Waals surface area contributed by atoms with Crippen molar-refractivity contribution in [3.63, 3.8) is 0 Å². The largest absolute Gasteiger partial charge is 0.352 e. The van der Waals surface area contributed by atoms with Crippen molar-refractivity contribution in [1.29, 1.82) is 0 Å². The Bertz CT molecular complexity index is 1420. The topological polar surface area (TPSA) is 68.9 Å². The van der Waals surface area contributed by atoms with E-state index >= 15 is 0 Å². The molecule has 6 nitrogen and oxygen atoms in total. The van der Waals surface area contributed by atoms with Gasteiger partial charge in [-0.15, -0.1) is 0 Å². The number of carbonyl (C=O) groups is 1. The standard InChI is InChI=1S/C27H29FN4O2/c1-5-19-9-11-20(12-10-19)16-29-24(33)14-13-23-17(2)25-18(3)30-32(26(25)31(4)27(23)34)22-8-6-7-21(28)15-22/h6-12,15H,5,13-14,16H2,1-4H3,(H,29,33). The average Bonchev–Trinajstić information content (AvgIpc) is 3.19. The molecule has 0 bridgehead atoms. The van der Waals surface area contributed by atoms with E-state index < -0.39 is 0 Å². The Kier molecular flexibility index (Phi) is 6.63. The molecule has 2 aromatic carbocycles. The van der Waals surface area contributed by atoms with E-state index in [0.717, 1.165) is 28.6 Å². The van der Waals surface area contributed by atoms with Crippen molar-refractivity contribution in [2.24, 2.45) is 7.05 Å². The van der Waals surface area contributed by atoms with E-state index in [-0.39, 0.29) is 23.7 Å². The van der Waals surface area contributed by atoms with E-state index in [2.05, 4.69) is 29.5 Å². The summed E-state index contributed by atoms with van der Waals surface area (Å²) in [4.78, 5) is 25.7. The van der Waals surface area contributed by atoms with Crippen molar-refractivity contribution in [1.82, 2.24) is 19.7 Å². The number of aryl methyl sites for hydroxylation is 4. The van der Waals surface area contributed by atoms with E-state index in [0.29, 0.717) is 29.9 Å². The number of halogens is 1. The van der Waals surface area contributed by atoms with Crippen LogP contribution in [0.15, 0.2) is 53.3 Å². The summed E-state index contributed by atoms with van der Waals surface area (Å²) in [6.45, 7) is 6.32. The number of benzene rings is 2. The minimum Gasteiger partial charge on any atom is -0.352 e. The quantitative estimate of drug-likeness (QED) is 0.447. The van der Waals surface area contributed by atoms with E-state index in [9.17, 15) is 14.0 Å². The fraction of sp³-hybridized carbons (Fsp3) is 0.296. The second-order valence-corrected chi connectivity index (χ2v) is 8.59. The van der Waals surface area contributed by atoms with Gasteiger partial charge in [0.25, 0.3) is 5.56 Å². The molecular formula is C27H29FN4O2. The van der Waals surface area contributed by atoms with Crippen molar-refractivity contribution in [2.45, 2.75) is 46.6 Å². The second-order valence-electron chi connectivity index (χ2n) is 8.59. The maximum Gasteiger partial charge on any atom is 0.255 e. The lowest BCUT2D eigenvalue weighted by Gasteiger charge is -2.13. The zero-order valence-electron chi connectivity index (χ0n) is 20.0. The maximum atomic E-state index is 13.8. The molecule has 0 aliphatic rings. The molecule has 0 atom stereocenters. The van der Waals surface area contributed by atoms with Gasteiger partial charge in [-0.3, -0.25) is 14.2 Å². The van der Waals surface area contributed by atoms with Crippen LogP contribution in [0.1, 0.15) is 41.3 Å². The molecule has 0 aliphatic carbocycles. The Morgan fingerprint density at radius 1 is 1.09 bits per heavy atom. The minimum atomic E-state index is -0.371. The van der Waals surface area contributed by atoms with E-state index in [4.69, 9.17) is 0 Å². The molecule has 7 heteroatoms. The van der Waals surface area contributed by atoms with Crippen LogP contribution < -0.4 is 10.9 Å². The molecule has 34 heavy (non-hydrogen) atoms. The number of carbonyl (C=O) groups excluding carboxylic acids is 1. The van der Waals surface area contributed by atoms with Gasteiger partial charge in [-0.1, -0.05) is 37.3 Å². The third-order valence-corrected chi connectivity index (χ3v) is 6.32. The first kappa shape index (κ1) is 23.4. The molecule has 176 valence electrons. The first-order valence-electron chi connectivity index (χ1n) is 11.5. The zero-order chi connectivity index (χ0) is 24.4. The van der Waals surface area contributed by atoms with Gasteiger partial charge in [0, 0.05) is 31.0 Å². The zero-order valence-corrected chi connectivity index (χ0v) is 20.0. The first-order valence-corrected chi connectivity index (χ1v) is 11.5. The summed E-state index contributed by atoms with van der Waals surface area (Å²) >= 11 is 0. The minimum absolute atomic E-state index is 0.103. The number of pyridine rings is 1. The van der Waals surface area contributed by atoms with Gasteiger partial charge in [0.15, 0.2) is 0 Å². The highest BCUT2D eigenvalue weighted by Gasteiger charge is 2.20. The third kappa shape index (κ3) is 4.51.